The number of allylic oxidation sites excluding steroid dienone is 2. The van der Waals surface area contributed by atoms with Gasteiger partial charge in [0, 0.05) is 11.1 Å². The predicted octanol–water partition coefficient (Wildman–Crippen LogP) is 0.443. The lowest BCUT2D eigenvalue weighted by molar-refractivity contribution is -0.154. The number of benzene rings is 1. The zero-order chi connectivity index (χ0) is 14.7. The van der Waals surface area contributed by atoms with Gasteiger partial charge in [0.25, 0.3) is 0 Å². The fourth-order valence-corrected chi connectivity index (χ4v) is 1.71. The molecule has 0 saturated carbocycles. The Hall–Kier alpha value is -2.60. The molecule has 3 rings (SSSR count). The van der Waals surface area contributed by atoms with E-state index < -0.39 is 18.0 Å². The third kappa shape index (κ3) is 2.86. The highest BCUT2D eigenvalue weighted by Crippen LogP contribution is 2.15. The summed E-state index contributed by atoms with van der Waals surface area (Å²) in [5, 5.41) is 8.47. The minimum atomic E-state index is -1.22. The summed E-state index contributed by atoms with van der Waals surface area (Å²) in [5.74, 6) is -1.67. The van der Waals surface area contributed by atoms with Gasteiger partial charge in [-0.05, 0) is 12.2 Å². The quantitative estimate of drug-likeness (QED) is 0.544. The van der Waals surface area contributed by atoms with E-state index in [2.05, 4.69) is 4.74 Å². The number of carbonyl (C=O) groups excluding carboxylic acids is 4. The van der Waals surface area contributed by atoms with Gasteiger partial charge < -0.3 is 9.84 Å². The van der Waals surface area contributed by atoms with E-state index in [-0.39, 0.29) is 18.0 Å². The summed E-state index contributed by atoms with van der Waals surface area (Å²) in [4.78, 5) is 42.5. The molecule has 0 spiro atoms. The normalized spacial score (nSPS) is 20.1. The van der Waals surface area contributed by atoms with Crippen molar-refractivity contribution >= 4 is 23.5 Å². The number of carbonyl (C=O) groups is 4. The molecule has 1 atom stereocenters. The lowest BCUT2D eigenvalue weighted by atomic mass is 9.95. The molecule has 2 aliphatic rings. The van der Waals surface area contributed by atoms with Crippen LogP contribution in [0, 0.1) is 0 Å². The number of rotatable bonds is 0. The van der Waals surface area contributed by atoms with Gasteiger partial charge in [0.1, 0.15) is 0 Å². The summed E-state index contributed by atoms with van der Waals surface area (Å²) in [6, 6.07) is 6.84. The predicted molar refractivity (Wildman–Crippen MR) is 66.0 cm³/mol. The summed E-state index contributed by atoms with van der Waals surface area (Å²) in [7, 11) is 0. The van der Waals surface area contributed by atoms with Crippen molar-refractivity contribution in [1.82, 2.24) is 0 Å². The summed E-state index contributed by atoms with van der Waals surface area (Å²) < 4.78 is 3.95. The molecule has 1 aromatic carbocycles. The van der Waals surface area contributed by atoms with Gasteiger partial charge in [-0.3, -0.25) is 14.4 Å². The first-order valence-corrected chi connectivity index (χ1v) is 5.77. The molecule has 1 saturated heterocycles. The minimum absolute atomic E-state index is 0.0924. The molecular formula is C14H10O6. The van der Waals surface area contributed by atoms with Gasteiger partial charge in [-0.25, -0.2) is 4.79 Å². The molecule has 1 unspecified atom stereocenters. The van der Waals surface area contributed by atoms with Gasteiger partial charge in [-0.2, -0.15) is 0 Å². The van der Waals surface area contributed by atoms with Crippen molar-refractivity contribution in [3.8, 4) is 0 Å². The van der Waals surface area contributed by atoms with Crippen LogP contribution in [0.4, 0.5) is 0 Å². The third-order valence-corrected chi connectivity index (χ3v) is 2.69. The van der Waals surface area contributed by atoms with Gasteiger partial charge in [-0.15, -0.1) is 0 Å². The van der Waals surface area contributed by atoms with Crippen LogP contribution < -0.4 is 0 Å². The molecule has 1 heterocycles. The summed E-state index contributed by atoms with van der Waals surface area (Å²) >= 11 is 0. The first-order chi connectivity index (χ1) is 9.49. The average Bonchev–Trinajstić information content (AvgIpc) is 2.72. The summed E-state index contributed by atoms with van der Waals surface area (Å²) in [6.07, 6.45) is 1.20. The molecule has 102 valence electrons. The zero-order valence-electron chi connectivity index (χ0n) is 10.2. The standard InChI is InChI=1S/C10H6O2.C4H4O4/c11-9-5-6-10(12)8-4-2-1-3-7(8)9;5-2-1-3(6)8-4(2)7/h1-6H;2,5H,1H2. The van der Waals surface area contributed by atoms with E-state index in [4.69, 9.17) is 5.11 Å². The van der Waals surface area contributed by atoms with Crippen LogP contribution in [0.25, 0.3) is 0 Å². The maximum Gasteiger partial charge on any atom is 0.343 e. The van der Waals surface area contributed by atoms with E-state index in [1.165, 1.54) is 12.2 Å². The smallest absolute Gasteiger partial charge is 0.343 e. The molecule has 6 nitrogen and oxygen atoms in total. The lowest BCUT2D eigenvalue weighted by Gasteiger charge is -2.06. The zero-order valence-corrected chi connectivity index (χ0v) is 10.2. The molecule has 1 aliphatic carbocycles. The van der Waals surface area contributed by atoms with Crippen LogP contribution in [0.3, 0.4) is 0 Å². The van der Waals surface area contributed by atoms with Crippen LogP contribution in [0.15, 0.2) is 36.4 Å². The van der Waals surface area contributed by atoms with Gasteiger partial charge in [-0.1, -0.05) is 24.3 Å². The van der Waals surface area contributed by atoms with Crippen molar-refractivity contribution in [3.63, 3.8) is 0 Å². The molecule has 20 heavy (non-hydrogen) atoms. The molecule has 1 N–H and O–H groups in total. The number of hydrogen-bond acceptors (Lipinski definition) is 6. The second kappa shape index (κ2) is 5.58. The Morgan fingerprint density at radius 2 is 1.45 bits per heavy atom. The van der Waals surface area contributed by atoms with Crippen LogP contribution in [0.2, 0.25) is 0 Å². The highest BCUT2D eigenvalue weighted by Gasteiger charge is 2.30. The van der Waals surface area contributed by atoms with Crippen LogP contribution in [0.5, 0.6) is 0 Å². The monoisotopic (exact) mass is 274 g/mol. The van der Waals surface area contributed by atoms with Gasteiger partial charge >= 0.3 is 11.9 Å². The second-order valence-electron chi connectivity index (χ2n) is 4.12. The fourth-order valence-electron chi connectivity index (χ4n) is 1.71. The number of aliphatic hydroxyl groups is 1. The van der Waals surface area contributed by atoms with Crippen molar-refractivity contribution in [3.05, 3.63) is 47.5 Å². The van der Waals surface area contributed by atoms with Crippen molar-refractivity contribution in [2.75, 3.05) is 0 Å². The molecular weight excluding hydrogens is 264 g/mol. The number of ketones is 2. The number of hydrogen-bond donors (Lipinski definition) is 1. The number of aliphatic hydroxyl groups excluding tert-OH is 1. The molecule has 1 aromatic rings. The van der Waals surface area contributed by atoms with E-state index in [1.807, 2.05) is 0 Å². The molecule has 0 aromatic heterocycles. The molecule has 0 amide bonds. The minimum Gasteiger partial charge on any atom is -0.391 e. The highest BCUT2D eigenvalue weighted by molar-refractivity contribution is 6.21. The Morgan fingerprint density at radius 3 is 1.75 bits per heavy atom. The van der Waals surface area contributed by atoms with E-state index in [1.54, 1.807) is 24.3 Å². The molecule has 0 radical (unpaired) electrons. The Kier molecular flexibility index (Phi) is 3.86. The topological polar surface area (TPSA) is 97.7 Å². The van der Waals surface area contributed by atoms with Crippen LogP contribution in [-0.4, -0.2) is 34.7 Å². The lowest BCUT2D eigenvalue weighted by Crippen LogP contribution is -2.11. The molecule has 6 heteroatoms. The summed E-state index contributed by atoms with van der Waals surface area (Å²) in [5.41, 5.74) is 1.01. The first kappa shape index (κ1) is 13.8. The summed E-state index contributed by atoms with van der Waals surface area (Å²) in [6.45, 7) is 0. The number of esters is 2. The second-order valence-corrected chi connectivity index (χ2v) is 4.12. The van der Waals surface area contributed by atoms with E-state index in [9.17, 15) is 19.2 Å². The number of cyclic esters (lactones) is 2. The first-order valence-electron chi connectivity index (χ1n) is 5.77. The van der Waals surface area contributed by atoms with Crippen LogP contribution in [0.1, 0.15) is 27.1 Å². The SMILES string of the molecule is O=C1C=CC(=O)c2ccccc21.O=C1CC(O)C(=O)O1. The fraction of sp³-hybridized carbons (Fsp3) is 0.143. The van der Waals surface area contributed by atoms with Gasteiger partial charge in [0.15, 0.2) is 17.7 Å². The van der Waals surface area contributed by atoms with Crippen LogP contribution in [-0.2, 0) is 14.3 Å². The number of fused-ring (bicyclic) bond motifs is 1. The van der Waals surface area contributed by atoms with Crippen molar-refractivity contribution < 1.29 is 29.0 Å². The van der Waals surface area contributed by atoms with Crippen molar-refractivity contribution in [2.45, 2.75) is 12.5 Å². The molecule has 0 bridgehead atoms. The van der Waals surface area contributed by atoms with Crippen molar-refractivity contribution in [1.29, 1.82) is 0 Å². The van der Waals surface area contributed by atoms with E-state index in [0.717, 1.165) is 0 Å². The Bertz CT molecular complexity index is 591. The molecule has 1 aliphatic heterocycles. The maximum absolute atomic E-state index is 11.2. The largest absolute Gasteiger partial charge is 0.391 e. The third-order valence-electron chi connectivity index (χ3n) is 2.69. The van der Waals surface area contributed by atoms with Gasteiger partial charge in [0.05, 0.1) is 6.42 Å². The highest BCUT2D eigenvalue weighted by atomic mass is 16.6. The van der Waals surface area contributed by atoms with Gasteiger partial charge in [0.2, 0.25) is 0 Å². The Balaban J connectivity index is 0.000000160. The number of ether oxygens (including phenoxy) is 1. The van der Waals surface area contributed by atoms with E-state index in [0.29, 0.717) is 11.1 Å². The van der Waals surface area contributed by atoms with Crippen molar-refractivity contribution in [2.24, 2.45) is 0 Å². The maximum atomic E-state index is 11.2. The molecule has 1 fully saturated rings. The van der Waals surface area contributed by atoms with E-state index >= 15 is 0 Å². The Labute approximate surface area is 113 Å². The van der Waals surface area contributed by atoms with Crippen LogP contribution >= 0.6 is 0 Å². The average molecular weight is 274 g/mol. The Morgan fingerprint density at radius 1 is 0.950 bits per heavy atom.